The van der Waals surface area contributed by atoms with Crippen LogP contribution < -0.4 is 10.5 Å². The molecule has 3 aromatic rings. The lowest BCUT2D eigenvalue weighted by atomic mass is 10.0. The molecule has 3 fully saturated rings. The fourth-order valence-corrected chi connectivity index (χ4v) is 4.74. The highest BCUT2D eigenvalue weighted by molar-refractivity contribution is 6.30. The third kappa shape index (κ3) is 2.99. The van der Waals surface area contributed by atoms with Gasteiger partial charge in [0.15, 0.2) is 0 Å². The molecule has 0 aliphatic carbocycles. The molecule has 3 aliphatic rings. The molecule has 0 saturated carbocycles. The Balaban J connectivity index is 1.60. The monoisotopic (exact) mass is 394 g/mol. The fourth-order valence-electron chi connectivity index (χ4n) is 4.55. The summed E-state index contributed by atoms with van der Waals surface area (Å²) in [5.41, 5.74) is 2.68. The summed E-state index contributed by atoms with van der Waals surface area (Å²) in [6, 6.07) is 14.2. The second-order valence-corrected chi connectivity index (χ2v) is 8.21. The highest BCUT2D eigenvalue weighted by Gasteiger charge is 2.29. The first-order valence-corrected chi connectivity index (χ1v) is 10.2. The number of hydrogen-bond donors (Lipinski definition) is 0. The lowest BCUT2D eigenvalue weighted by Gasteiger charge is -2.33. The molecule has 3 saturated heterocycles. The van der Waals surface area contributed by atoms with Gasteiger partial charge in [-0.1, -0.05) is 23.7 Å². The summed E-state index contributed by atoms with van der Waals surface area (Å²) in [5.74, 6) is 0.633. The second-order valence-electron chi connectivity index (χ2n) is 7.78. The molecule has 3 aliphatic heterocycles. The van der Waals surface area contributed by atoms with E-state index in [1.165, 1.54) is 25.9 Å². The Morgan fingerprint density at radius 2 is 1.86 bits per heavy atom. The van der Waals surface area contributed by atoms with Crippen LogP contribution in [0.1, 0.15) is 12.8 Å². The van der Waals surface area contributed by atoms with E-state index in [1.807, 2.05) is 36.4 Å². The van der Waals surface area contributed by atoms with E-state index in [0.29, 0.717) is 22.3 Å². The molecule has 0 unspecified atom stereocenters. The third-order valence-corrected chi connectivity index (χ3v) is 6.36. The number of nitrogens with zero attached hydrogens (tertiary/aromatic N) is 4. The Bertz CT molecular complexity index is 1100. The van der Waals surface area contributed by atoms with E-state index in [-0.39, 0.29) is 5.56 Å². The van der Waals surface area contributed by atoms with Crippen LogP contribution in [0.15, 0.2) is 47.3 Å². The van der Waals surface area contributed by atoms with Crippen molar-refractivity contribution in [2.45, 2.75) is 18.9 Å². The standard InChI is InChI=1S/C22H23ClN4O/c1-25-21(15-3-2-4-16(23)13-15)24-20-6-5-18(14-19(20)22(25)28)27-12-11-26-9-7-17(27)8-10-26/h2-6,13-14,17H,7-12H2,1H3. The van der Waals surface area contributed by atoms with Gasteiger partial charge in [0.25, 0.3) is 5.56 Å². The minimum Gasteiger partial charge on any atom is -0.367 e. The maximum Gasteiger partial charge on any atom is 0.261 e. The highest BCUT2D eigenvalue weighted by atomic mass is 35.5. The number of rotatable bonds is 2. The van der Waals surface area contributed by atoms with E-state index in [9.17, 15) is 4.79 Å². The number of benzene rings is 2. The fraction of sp³-hybridized carbons (Fsp3) is 0.364. The van der Waals surface area contributed by atoms with Crippen molar-refractivity contribution in [2.75, 3.05) is 31.1 Å². The van der Waals surface area contributed by atoms with Crippen molar-refractivity contribution in [3.8, 4) is 11.4 Å². The van der Waals surface area contributed by atoms with Crippen LogP contribution in [0.3, 0.4) is 0 Å². The zero-order valence-corrected chi connectivity index (χ0v) is 16.7. The molecule has 6 heteroatoms. The van der Waals surface area contributed by atoms with Crippen LogP contribution >= 0.6 is 11.6 Å². The molecule has 0 spiro atoms. The summed E-state index contributed by atoms with van der Waals surface area (Å²) < 4.78 is 1.62. The van der Waals surface area contributed by atoms with Crippen LogP contribution in [0.5, 0.6) is 0 Å². The van der Waals surface area contributed by atoms with Crippen LogP contribution in [0.4, 0.5) is 5.69 Å². The topological polar surface area (TPSA) is 41.4 Å². The maximum atomic E-state index is 13.1. The van der Waals surface area contributed by atoms with Crippen molar-refractivity contribution in [2.24, 2.45) is 7.05 Å². The first-order chi connectivity index (χ1) is 13.6. The number of hydrogen-bond acceptors (Lipinski definition) is 4. The van der Waals surface area contributed by atoms with Crippen molar-refractivity contribution in [3.63, 3.8) is 0 Å². The summed E-state index contributed by atoms with van der Waals surface area (Å²) in [7, 11) is 1.78. The van der Waals surface area contributed by atoms with Crippen LogP contribution in [0.25, 0.3) is 22.3 Å². The zero-order valence-electron chi connectivity index (χ0n) is 15.9. The first-order valence-electron chi connectivity index (χ1n) is 9.86. The van der Waals surface area contributed by atoms with E-state index in [0.717, 1.165) is 29.9 Å². The Morgan fingerprint density at radius 1 is 1.04 bits per heavy atom. The van der Waals surface area contributed by atoms with E-state index in [2.05, 4.69) is 15.9 Å². The third-order valence-electron chi connectivity index (χ3n) is 6.13. The lowest BCUT2D eigenvalue weighted by Crippen LogP contribution is -2.38. The summed E-state index contributed by atoms with van der Waals surface area (Å²) in [4.78, 5) is 22.9. The molecule has 144 valence electrons. The van der Waals surface area contributed by atoms with Gasteiger partial charge in [-0.25, -0.2) is 4.98 Å². The number of piperidine rings is 1. The van der Waals surface area contributed by atoms with Crippen molar-refractivity contribution in [1.29, 1.82) is 0 Å². The molecule has 2 aromatic carbocycles. The van der Waals surface area contributed by atoms with Crippen molar-refractivity contribution in [3.05, 3.63) is 57.8 Å². The van der Waals surface area contributed by atoms with Crippen LogP contribution in [0, 0.1) is 0 Å². The molecule has 28 heavy (non-hydrogen) atoms. The molecule has 0 atom stereocenters. The van der Waals surface area contributed by atoms with Gasteiger partial charge in [0, 0.05) is 55.5 Å². The van der Waals surface area contributed by atoms with E-state index >= 15 is 0 Å². The smallest absolute Gasteiger partial charge is 0.261 e. The van der Waals surface area contributed by atoms with Gasteiger partial charge in [-0.15, -0.1) is 0 Å². The molecule has 0 N–H and O–H groups in total. The molecule has 2 bridgehead atoms. The number of anilines is 1. The van der Waals surface area contributed by atoms with Crippen LogP contribution in [-0.4, -0.2) is 46.7 Å². The molecule has 5 nitrogen and oxygen atoms in total. The largest absolute Gasteiger partial charge is 0.367 e. The Hall–Kier alpha value is -2.37. The van der Waals surface area contributed by atoms with Crippen molar-refractivity contribution >= 4 is 28.2 Å². The first kappa shape index (κ1) is 17.7. The number of halogens is 1. The molecule has 1 aromatic heterocycles. The summed E-state index contributed by atoms with van der Waals surface area (Å²) in [6.45, 7) is 4.48. The van der Waals surface area contributed by atoms with Gasteiger partial charge in [-0.2, -0.15) is 0 Å². The van der Waals surface area contributed by atoms with E-state index in [4.69, 9.17) is 16.6 Å². The van der Waals surface area contributed by atoms with Crippen molar-refractivity contribution < 1.29 is 0 Å². The average Bonchev–Trinajstić information content (AvgIpc) is 3.04. The Kier molecular flexibility index (Phi) is 4.37. The molecule has 0 radical (unpaired) electrons. The van der Waals surface area contributed by atoms with Crippen LogP contribution in [0.2, 0.25) is 5.02 Å². The SMILES string of the molecule is Cn1c(-c2cccc(Cl)c2)nc2ccc(N3CCN4CCC3CC4)cc2c1=O. The zero-order chi connectivity index (χ0) is 19.3. The summed E-state index contributed by atoms with van der Waals surface area (Å²) in [5, 5.41) is 1.30. The van der Waals surface area contributed by atoms with Gasteiger partial charge in [0.1, 0.15) is 5.82 Å². The van der Waals surface area contributed by atoms with Gasteiger partial charge in [0.2, 0.25) is 0 Å². The molecule has 4 heterocycles. The normalized spacial score (nSPS) is 21.9. The molecular formula is C22H23ClN4O. The van der Waals surface area contributed by atoms with E-state index < -0.39 is 0 Å². The number of aromatic nitrogens is 2. The molecule has 0 amide bonds. The average molecular weight is 395 g/mol. The van der Waals surface area contributed by atoms with Gasteiger partial charge >= 0.3 is 0 Å². The summed E-state index contributed by atoms with van der Waals surface area (Å²) in [6.07, 6.45) is 2.39. The molecule has 6 rings (SSSR count). The Labute approximate surface area is 169 Å². The predicted molar refractivity (Wildman–Crippen MR) is 114 cm³/mol. The molecular weight excluding hydrogens is 372 g/mol. The second kappa shape index (κ2) is 6.90. The van der Waals surface area contributed by atoms with Gasteiger partial charge < -0.3 is 9.80 Å². The van der Waals surface area contributed by atoms with Gasteiger partial charge in [-0.3, -0.25) is 9.36 Å². The van der Waals surface area contributed by atoms with Gasteiger partial charge in [0.05, 0.1) is 10.9 Å². The summed E-state index contributed by atoms with van der Waals surface area (Å²) >= 11 is 6.13. The minimum absolute atomic E-state index is 0.0234. The number of fused-ring (bicyclic) bond motifs is 5. The highest BCUT2D eigenvalue weighted by Crippen LogP contribution is 2.29. The quantitative estimate of drug-likeness (QED) is 0.666. The van der Waals surface area contributed by atoms with Gasteiger partial charge in [-0.05, 0) is 43.2 Å². The lowest BCUT2D eigenvalue weighted by molar-refractivity contribution is 0.250. The Morgan fingerprint density at radius 3 is 2.64 bits per heavy atom. The minimum atomic E-state index is -0.0234. The van der Waals surface area contributed by atoms with E-state index in [1.54, 1.807) is 11.6 Å². The van der Waals surface area contributed by atoms with Crippen LogP contribution in [-0.2, 0) is 7.05 Å². The van der Waals surface area contributed by atoms with Crippen molar-refractivity contribution in [1.82, 2.24) is 14.5 Å². The maximum absolute atomic E-state index is 13.1. The predicted octanol–water partition coefficient (Wildman–Crippen LogP) is 3.54.